The van der Waals surface area contributed by atoms with E-state index in [1.165, 1.54) is 6.33 Å². The highest BCUT2D eigenvalue weighted by molar-refractivity contribution is 5.89. The van der Waals surface area contributed by atoms with Gasteiger partial charge in [-0.3, -0.25) is 9.48 Å². The van der Waals surface area contributed by atoms with Gasteiger partial charge < -0.3 is 10.4 Å². The molecule has 0 unspecified atom stereocenters. The second-order valence-corrected chi connectivity index (χ2v) is 4.16. The van der Waals surface area contributed by atoms with Gasteiger partial charge in [-0.25, -0.2) is 9.97 Å². The minimum atomic E-state index is -0.154. The first-order valence-electron chi connectivity index (χ1n) is 6.46. The van der Waals surface area contributed by atoms with Crippen molar-refractivity contribution in [2.45, 2.75) is 19.4 Å². The van der Waals surface area contributed by atoms with E-state index < -0.39 is 0 Å². The third-order valence-corrected chi connectivity index (χ3v) is 2.53. The number of nitrogens with one attached hydrogen (secondary N) is 1. The number of aromatic nitrogens is 4. The van der Waals surface area contributed by atoms with E-state index in [2.05, 4.69) is 32.2 Å². The lowest BCUT2D eigenvalue weighted by atomic mass is 10.2. The highest BCUT2D eigenvalue weighted by Crippen LogP contribution is 2.06. The number of pyridine rings is 1. The number of aliphatic hydroxyl groups is 1. The van der Waals surface area contributed by atoms with Crippen LogP contribution in [0.1, 0.15) is 18.4 Å². The zero-order valence-corrected chi connectivity index (χ0v) is 11.4. The maximum absolute atomic E-state index is 11.8. The monoisotopic (exact) mass is 285 g/mol. The van der Waals surface area contributed by atoms with E-state index in [0.29, 0.717) is 18.8 Å². The lowest BCUT2D eigenvalue weighted by Crippen LogP contribution is -2.15. The Morgan fingerprint density at radius 1 is 1.48 bits per heavy atom. The van der Waals surface area contributed by atoms with Gasteiger partial charge in [0.2, 0.25) is 5.91 Å². The second kappa shape index (κ2) is 7.77. The molecular formula is C14H15N5O2. The molecule has 0 fully saturated rings. The maximum atomic E-state index is 11.8. The molecule has 108 valence electrons. The largest absolute Gasteiger partial charge is 0.395 e. The molecule has 2 N–H and O–H groups in total. The van der Waals surface area contributed by atoms with Crippen LogP contribution in [0.3, 0.4) is 0 Å². The zero-order valence-electron chi connectivity index (χ0n) is 11.4. The minimum Gasteiger partial charge on any atom is -0.395 e. The van der Waals surface area contributed by atoms with Crippen molar-refractivity contribution in [2.75, 3.05) is 11.9 Å². The number of anilines is 1. The molecule has 2 rings (SSSR count). The first-order chi connectivity index (χ1) is 10.3. The van der Waals surface area contributed by atoms with Crippen LogP contribution < -0.4 is 5.32 Å². The van der Waals surface area contributed by atoms with E-state index in [0.717, 1.165) is 5.56 Å². The molecule has 0 aliphatic rings. The number of hydrogen-bond acceptors (Lipinski definition) is 5. The zero-order chi connectivity index (χ0) is 14.9. The summed E-state index contributed by atoms with van der Waals surface area (Å²) in [6.07, 6.45) is 5.26. The fourth-order valence-electron chi connectivity index (χ4n) is 1.57. The predicted molar refractivity (Wildman–Crippen MR) is 76.1 cm³/mol. The molecule has 0 saturated heterocycles. The average molecular weight is 285 g/mol. The molecule has 2 heterocycles. The Labute approximate surface area is 122 Å². The van der Waals surface area contributed by atoms with Crippen LogP contribution in [-0.2, 0) is 11.3 Å². The van der Waals surface area contributed by atoms with Gasteiger partial charge in [-0.1, -0.05) is 11.8 Å². The van der Waals surface area contributed by atoms with Crippen molar-refractivity contribution in [3.63, 3.8) is 0 Å². The summed E-state index contributed by atoms with van der Waals surface area (Å²) in [7, 11) is 0. The average Bonchev–Trinajstić information content (AvgIpc) is 2.99. The van der Waals surface area contributed by atoms with Crippen LogP contribution in [0.4, 0.5) is 5.82 Å². The summed E-state index contributed by atoms with van der Waals surface area (Å²) in [6, 6.07) is 3.44. The van der Waals surface area contributed by atoms with E-state index in [4.69, 9.17) is 5.11 Å². The highest BCUT2D eigenvalue weighted by Gasteiger charge is 2.04. The van der Waals surface area contributed by atoms with Crippen LogP contribution in [0.2, 0.25) is 0 Å². The third kappa shape index (κ3) is 5.04. The van der Waals surface area contributed by atoms with Crippen molar-refractivity contribution < 1.29 is 9.90 Å². The molecule has 0 aliphatic heterocycles. The summed E-state index contributed by atoms with van der Waals surface area (Å²) in [5, 5.41) is 15.3. The fourth-order valence-corrected chi connectivity index (χ4v) is 1.57. The van der Waals surface area contributed by atoms with Gasteiger partial charge in [0, 0.05) is 24.6 Å². The highest BCUT2D eigenvalue weighted by atomic mass is 16.2. The number of carbonyl (C=O) groups is 1. The van der Waals surface area contributed by atoms with Gasteiger partial charge in [0.05, 0.1) is 13.2 Å². The molecular weight excluding hydrogens is 270 g/mol. The molecule has 1 amide bonds. The van der Waals surface area contributed by atoms with Crippen molar-refractivity contribution in [2.24, 2.45) is 0 Å². The molecule has 21 heavy (non-hydrogen) atoms. The fraction of sp³-hybridized carbons (Fsp3) is 0.286. The summed E-state index contributed by atoms with van der Waals surface area (Å²) in [6.45, 7) is 0.492. The summed E-state index contributed by atoms with van der Waals surface area (Å²) in [5.41, 5.74) is 0.741. The summed E-state index contributed by atoms with van der Waals surface area (Å²) < 4.78 is 1.59. The van der Waals surface area contributed by atoms with Crippen LogP contribution in [-0.4, -0.2) is 37.4 Å². The quantitative estimate of drug-likeness (QED) is 0.777. The van der Waals surface area contributed by atoms with Gasteiger partial charge in [0.25, 0.3) is 0 Å². The summed E-state index contributed by atoms with van der Waals surface area (Å²) >= 11 is 0. The Morgan fingerprint density at radius 2 is 2.38 bits per heavy atom. The van der Waals surface area contributed by atoms with Crippen LogP contribution in [0, 0.1) is 11.8 Å². The normalized spacial score (nSPS) is 9.76. The predicted octanol–water partition coefficient (Wildman–Crippen LogP) is 0.436. The van der Waals surface area contributed by atoms with Crippen molar-refractivity contribution in [3.8, 4) is 11.8 Å². The van der Waals surface area contributed by atoms with E-state index in [-0.39, 0.29) is 18.9 Å². The number of hydrogen-bond donors (Lipinski definition) is 2. The van der Waals surface area contributed by atoms with Crippen molar-refractivity contribution in [1.29, 1.82) is 0 Å². The number of aliphatic hydroxyl groups excluding tert-OH is 1. The van der Waals surface area contributed by atoms with Gasteiger partial charge in [-0.15, -0.1) is 0 Å². The Bertz CT molecular complexity index is 643. The Kier molecular flexibility index (Phi) is 5.43. The SMILES string of the molecule is O=C(CCn1cncn1)Nc1cc(C#CCCO)ccn1. The Morgan fingerprint density at radius 3 is 3.14 bits per heavy atom. The molecule has 0 atom stereocenters. The molecule has 7 heteroatoms. The van der Waals surface area contributed by atoms with Gasteiger partial charge in [0.1, 0.15) is 18.5 Å². The number of nitrogens with zero attached hydrogens (tertiary/aromatic N) is 4. The summed E-state index contributed by atoms with van der Waals surface area (Å²) in [4.78, 5) is 19.7. The first kappa shape index (κ1) is 14.7. The molecule has 0 aliphatic carbocycles. The third-order valence-electron chi connectivity index (χ3n) is 2.53. The molecule has 0 radical (unpaired) electrons. The van der Waals surface area contributed by atoms with Crippen LogP contribution in [0.15, 0.2) is 31.0 Å². The molecule has 2 aromatic rings. The number of rotatable bonds is 5. The van der Waals surface area contributed by atoms with E-state index in [1.807, 2.05) is 0 Å². The van der Waals surface area contributed by atoms with Gasteiger partial charge >= 0.3 is 0 Å². The van der Waals surface area contributed by atoms with Gasteiger partial charge in [-0.2, -0.15) is 5.10 Å². The van der Waals surface area contributed by atoms with Crippen LogP contribution in [0.5, 0.6) is 0 Å². The number of aryl methyl sites for hydroxylation is 1. The van der Waals surface area contributed by atoms with Gasteiger partial charge in [-0.05, 0) is 12.1 Å². The molecule has 7 nitrogen and oxygen atoms in total. The van der Waals surface area contributed by atoms with Crippen LogP contribution >= 0.6 is 0 Å². The lowest BCUT2D eigenvalue weighted by molar-refractivity contribution is -0.116. The second-order valence-electron chi connectivity index (χ2n) is 4.16. The van der Waals surface area contributed by atoms with E-state index in [1.54, 1.807) is 29.3 Å². The van der Waals surface area contributed by atoms with E-state index in [9.17, 15) is 4.79 Å². The first-order valence-corrected chi connectivity index (χ1v) is 6.46. The maximum Gasteiger partial charge on any atom is 0.227 e. The Balaban J connectivity index is 1.88. The Hall–Kier alpha value is -2.72. The van der Waals surface area contributed by atoms with Crippen molar-refractivity contribution in [3.05, 3.63) is 36.5 Å². The minimum absolute atomic E-state index is 0.0317. The number of amides is 1. The van der Waals surface area contributed by atoms with Crippen LogP contribution in [0.25, 0.3) is 0 Å². The van der Waals surface area contributed by atoms with Gasteiger partial charge in [0.15, 0.2) is 0 Å². The lowest BCUT2D eigenvalue weighted by Gasteiger charge is -2.04. The standard InChI is InChI=1S/C14H15N5O2/c20-8-2-1-3-12-4-6-16-13(9-12)18-14(21)5-7-19-11-15-10-17-19/h4,6,9-11,20H,2,5,7-8H2,(H,16,18,21). The summed E-state index contributed by atoms with van der Waals surface area (Å²) in [5.74, 6) is 6.01. The molecule has 0 spiro atoms. The molecule has 2 aromatic heterocycles. The molecule has 0 aromatic carbocycles. The molecule has 0 saturated carbocycles. The topological polar surface area (TPSA) is 92.9 Å². The van der Waals surface area contributed by atoms with E-state index >= 15 is 0 Å². The van der Waals surface area contributed by atoms with Crippen molar-refractivity contribution in [1.82, 2.24) is 19.7 Å². The molecule has 0 bridgehead atoms. The number of carbonyl (C=O) groups excluding carboxylic acids is 1. The smallest absolute Gasteiger partial charge is 0.227 e. The van der Waals surface area contributed by atoms with Crippen molar-refractivity contribution >= 4 is 11.7 Å².